The van der Waals surface area contributed by atoms with E-state index in [9.17, 15) is 8.42 Å². The summed E-state index contributed by atoms with van der Waals surface area (Å²) in [6, 6.07) is 14.6. The monoisotopic (exact) mass is 304 g/mol. The topological polar surface area (TPSA) is 72.2 Å². The fraction of sp³-hybridized carbons (Fsp3) is 0.250. The van der Waals surface area contributed by atoms with Crippen molar-refractivity contribution in [3.63, 3.8) is 0 Å². The van der Waals surface area contributed by atoms with Gasteiger partial charge in [0.2, 0.25) is 10.0 Å². The fourth-order valence-corrected chi connectivity index (χ4v) is 3.25. The second-order valence-electron chi connectivity index (χ2n) is 5.18. The first-order valence-corrected chi connectivity index (χ1v) is 8.29. The largest absolute Gasteiger partial charge is 0.399 e. The van der Waals surface area contributed by atoms with Crippen LogP contribution in [-0.4, -0.2) is 15.0 Å². The van der Waals surface area contributed by atoms with Crippen molar-refractivity contribution in [3.8, 4) is 0 Å². The highest BCUT2D eigenvalue weighted by atomic mass is 32.2. The van der Waals surface area contributed by atoms with Crippen molar-refractivity contribution in [1.29, 1.82) is 0 Å². The molecule has 0 aliphatic rings. The molecule has 0 fully saturated rings. The van der Waals surface area contributed by atoms with Gasteiger partial charge in [0.05, 0.1) is 4.90 Å². The standard InChI is InChI=1S/C16H20N2O2S/c1-12-10-15(8-9-16(12)17)21(19,20)18-11-13(2)14-6-4-3-5-7-14/h3-10,13,18H,11,17H2,1-2H3. The summed E-state index contributed by atoms with van der Waals surface area (Å²) < 4.78 is 27.2. The number of hydrogen-bond acceptors (Lipinski definition) is 3. The van der Waals surface area contributed by atoms with Gasteiger partial charge in [-0.15, -0.1) is 0 Å². The van der Waals surface area contributed by atoms with E-state index in [2.05, 4.69) is 4.72 Å². The molecule has 0 saturated carbocycles. The fourth-order valence-electron chi connectivity index (χ4n) is 2.03. The Labute approximate surface area is 126 Å². The zero-order chi connectivity index (χ0) is 15.5. The Balaban J connectivity index is 2.09. The van der Waals surface area contributed by atoms with Crippen LogP contribution in [0.15, 0.2) is 53.4 Å². The molecule has 21 heavy (non-hydrogen) atoms. The molecule has 0 bridgehead atoms. The molecule has 0 heterocycles. The van der Waals surface area contributed by atoms with Gasteiger partial charge in [-0.2, -0.15) is 0 Å². The van der Waals surface area contributed by atoms with Crippen LogP contribution >= 0.6 is 0 Å². The first kappa shape index (κ1) is 15.5. The lowest BCUT2D eigenvalue weighted by Gasteiger charge is -2.14. The molecule has 1 unspecified atom stereocenters. The summed E-state index contributed by atoms with van der Waals surface area (Å²) >= 11 is 0. The Bertz CT molecular complexity index is 712. The molecule has 0 aromatic heterocycles. The van der Waals surface area contributed by atoms with Gasteiger partial charge in [0.1, 0.15) is 0 Å². The van der Waals surface area contributed by atoms with Crippen molar-refractivity contribution in [2.75, 3.05) is 12.3 Å². The Morgan fingerprint density at radius 3 is 2.43 bits per heavy atom. The third-order valence-corrected chi connectivity index (χ3v) is 4.92. The second-order valence-corrected chi connectivity index (χ2v) is 6.95. The maximum absolute atomic E-state index is 12.3. The van der Waals surface area contributed by atoms with Gasteiger partial charge < -0.3 is 5.73 Å². The first-order valence-electron chi connectivity index (χ1n) is 6.81. The van der Waals surface area contributed by atoms with Crippen LogP contribution in [0.4, 0.5) is 5.69 Å². The van der Waals surface area contributed by atoms with E-state index in [1.165, 1.54) is 6.07 Å². The minimum Gasteiger partial charge on any atom is -0.399 e. The van der Waals surface area contributed by atoms with Crippen LogP contribution in [0.3, 0.4) is 0 Å². The normalized spacial score (nSPS) is 13.0. The van der Waals surface area contributed by atoms with Crippen LogP contribution in [0.25, 0.3) is 0 Å². The number of nitrogens with two attached hydrogens (primary N) is 1. The smallest absolute Gasteiger partial charge is 0.240 e. The zero-order valence-corrected chi connectivity index (χ0v) is 13.0. The number of benzene rings is 2. The average Bonchev–Trinajstić information content (AvgIpc) is 2.48. The highest BCUT2D eigenvalue weighted by Crippen LogP contribution is 2.18. The van der Waals surface area contributed by atoms with Gasteiger partial charge in [0, 0.05) is 12.2 Å². The Morgan fingerprint density at radius 1 is 1.14 bits per heavy atom. The second kappa shape index (κ2) is 6.28. The predicted octanol–water partition coefficient (Wildman–Crippen LogP) is 2.66. The van der Waals surface area contributed by atoms with Gasteiger partial charge in [-0.3, -0.25) is 0 Å². The molecule has 2 rings (SSSR count). The lowest BCUT2D eigenvalue weighted by molar-refractivity contribution is 0.575. The molecule has 0 aliphatic carbocycles. The molecule has 1 atom stereocenters. The molecule has 5 heteroatoms. The first-order chi connectivity index (χ1) is 9.90. The summed E-state index contributed by atoms with van der Waals surface area (Å²) in [6.07, 6.45) is 0. The molecule has 0 spiro atoms. The van der Waals surface area contributed by atoms with Gasteiger partial charge in [-0.1, -0.05) is 37.3 Å². The SMILES string of the molecule is Cc1cc(S(=O)(=O)NCC(C)c2ccccc2)ccc1N. The molecule has 0 radical (unpaired) electrons. The number of hydrogen-bond donors (Lipinski definition) is 2. The Hall–Kier alpha value is -1.85. The van der Waals surface area contributed by atoms with Gasteiger partial charge in [0.15, 0.2) is 0 Å². The van der Waals surface area contributed by atoms with Crippen LogP contribution < -0.4 is 10.5 Å². The molecule has 0 saturated heterocycles. The van der Waals surface area contributed by atoms with Crippen LogP contribution in [0.1, 0.15) is 24.0 Å². The van der Waals surface area contributed by atoms with Crippen LogP contribution in [0, 0.1) is 6.92 Å². The van der Waals surface area contributed by atoms with E-state index >= 15 is 0 Å². The van der Waals surface area contributed by atoms with Crippen molar-refractivity contribution in [1.82, 2.24) is 4.72 Å². The van der Waals surface area contributed by atoms with Crippen molar-refractivity contribution < 1.29 is 8.42 Å². The van der Waals surface area contributed by atoms with Crippen LogP contribution in [-0.2, 0) is 10.0 Å². The van der Waals surface area contributed by atoms with E-state index in [4.69, 9.17) is 5.73 Å². The summed E-state index contributed by atoms with van der Waals surface area (Å²) in [7, 11) is -3.51. The third kappa shape index (κ3) is 3.83. The highest BCUT2D eigenvalue weighted by molar-refractivity contribution is 7.89. The lowest BCUT2D eigenvalue weighted by atomic mass is 10.0. The number of rotatable bonds is 5. The quantitative estimate of drug-likeness (QED) is 0.834. The number of sulfonamides is 1. The van der Waals surface area contributed by atoms with E-state index in [1.807, 2.05) is 37.3 Å². The summed E-state index contributed by atoms with van der Waals surface area (Å²) in [6.45, 7) is 4.14. The van der Waals surface area contributed by atoms with E-state index in [0.717, 1.165) is 11.1 Å². The summed E-state index contributed by atoms with van der Waals surface area (Å²) in [5.41, 5.74) is 8.17. The lowest BCUT2D eigenvalue weighted by Crippen LogP contribution is -2.27. The van der Waals surface area contributed by atoms with Crippen molar-refractivity contribution in [2.45, 2.75) is 24.7 Å². The summed E-state index contributed by atoms with van der Waals surface area (Å²) in [5, 5.41) is 0. The van der Waals surface area contributed by atoms with Gasteiger partial charge in [-0.25, -0.2) is 13.1 Å². The maximum atomic E-state index is 12.3. The summed E-state index contributed by atoms with van der Waals surface area (Å²) in [5.74, 6) is 0.107. The highest BCUT2D eigenvalue weighted by Gasteiger charge is 2.16. The third-order valence-electron chi connectivity index (χ3n) is 3.50. The van der Waals surface area contributed by atoms with E-state index in [0.29, 0.717) is 12.2 Å². The van der Waals surface area contributed by atoms with Gasteiger partial charge in [-0.05, 0) is 42.2 Å². The minimum absolute atomic E-state index is 0.107. The van der Waals surface area contributed by atoms with Gasteiger partial charge >= 0.3 is 0 Å². The van der Waals surface area contributed by atoms with Crippen molar-refractivity contribution in [3.05, 3.63) is 59.7 Å². The molecule has 0 aliphatic heterocycles. The minimum atomic E-state index is -3.51. The number of anilines is 1. The average molecular weight is 304 g/mol. The summed E-state index contributed by atoms with van der Waals surface area (Å²) in [4.78, 5) is 0.245. The molecule has 2 aromatic rings. The Kier molecular flexibility index (Phi) is 4.65. The molecule has 4 nitrogen and oxygen atoms in total. The van der Waals surface area contributed by atoms with Crippen LogP contribution in [0.2, 0.25) is 0 Å². The van der Waals surface area contributed by atoms with Crippen LogP contribution in [0.5, 0.6) is 0 Å². The molecular weight excluding hydrogens is 284 g/mol. The number of aryl methyl sites for hydroxylation is 1. The molecular formula is C16H20N2O2S. The predicted molar refractivity (Wildman–Crippen MR) is 85.6 cm³/mol. The number of nitrogens with one attached hydrogen (secondary N) is 1. The van der Waals surface area contributed by atoms with Crippen molar-refractivity contribution in [2.24, 2.45) is 0 Å². The molecule has 0 amide bonds. The number of nitrogen functional groups attached to an aromatic ring is 1. The van der Waals surface area contributed by atoms with Crippen molar-refractivity contribution >= 4 is 15.7 Å². The Morgan fingerprint density at radius 2 is 1.81 bits per heavy atom. The van der Waals surface area contributed by atoms with E-state index in [1.54, 1.807) is 19.1 Å². The molecule has 2 aromatic carbocycles. The van der Waals surface area contributed by atoms with Gasteiger partial charge in [0.25, 0.3) is 0 Å². The molecule has 112 valence electrons. The molecule has 3 N–H and O–H groups in total. The van der Waals surface area contributed by atoms with E-state index < -0.39 is 10.0 Å². The maximum Gasteiger partial charge on any atom is 0.240 e. The van der Waals surface area contributed by atoms with E-state index in [-0.39, 0.29) is 10.8 Å². The zero-order valence-electron chi connectivity index (χ0n) is 12.2.